The molecule has 0 saturated heterocycles. The van der Waals surface area contributed by atoms with E-state index >= 15 is 0 Å². The van der Waals surface area contributed by atoms with Crippen molar-refractivity contribution in [2.75, 3.05) is 0 Å². The monoisotopic (exact) mass is 294 g/mol. The van der Waals surface area contributed by atoms with Crippen LogP contribution in [-0.4, -0.2) is 0 Å². The number of benzene rings is 2. The van der Waals surface area contributed by atoms with Crippen LogP contribution in [-0.2, 0) is 6.42 Å². The summed E-state index contributed by atoms with van der Waals surface area (Å²) in [6, 6.07) is 18.2. The predicted molar refractivity (Wildman–Crippen MR) is 98.4 cm³/mol. The molecule has 2 aromatic carbocycles. The quantitative estimate of drug-likeness (QED) is 0.460. The smallest absolute Gasteiger partial charge is 0.0184 e. The van der Waals surface area contributed by atoms with Gasteiger partial charge in [-0.15, -0.1) is 0 Å². The Labute approximate surface area is 136 Å². The first-order valence-electron chi connectivity index (χ1n) is 8.93. The molecule has 0 aliphatic carbocycles. The van der Waals surface area contributed by atoms with Gasteiger partial charge in [0.05, 0.1) is 0 Å². The van der Waals surface area contributed by atoms with Crippen LogP contribution < -0.4 is 0 Å². The first-order chi connectivity index (χ1) is 10.7. The van der Waals surface area contributed by atoms with Crippen LogP contribution in [0.5, 0.6) is 0 Å². The number of hydrogen-bond donors (Lipinski definition) is 0. The maximum atomic E-state index is 2.30. The first kappa shape index (κ1) is 16.8. The van der Waals surface area contributed by atoms with Gasteiger partial charge in [0.2, 0.25) is 0 Å². The molecule has 0 aliphatic rings. The zero-order chi connectivity index (χ0) is 15.8. The van der Waals surface area contributed by atoms with Crippen LogP contribution in [0.1, 0.15) is 69.9 Å². The van der Waals surface area contributed by atoms with Crippen molar-refractivity contribution < 1.29 is 0 Å². The zero-order valence-electron chi connectivity index (χ0n) is 14.4. The standard InChI is InChI=1S/C22H30/c1-4-6-7-8-9-19-10-12-21(13-11-19)22-16-14-20(15-17-22)18(3)5-2/h10-18H,4-9H2,1-3H3. The second kappa shape index (κ2) is 8.78. The van der Waals surface area contributed by atoms with Crippen LogP contribution in [0.25, 0.3) is 11.1 Å². The number of unbranched alkanes of at least 4 members (excludes halogenated alkanes) is 3. The predicted octanol–water partition coefficient (Wildman–Crippen LogP) is 6.99. The molecule has 1 unspecified atom stereocenters. The summed E-state index contributed by atoms with van der Waals surface area (Å²) in [5.41, 5.74) is 5.56. The van der Waals surface area contributed by atoms with Gasteiger partial charge in [-0.1, -0.05) is 88.6 Å². The van der Waals surface area contributed by atoms with Gasteiger partial charge in [0.1, 0.15) is 0 Å². The van der Waals surface area contributed by atoms with Crippen molar-refractivity contribution in [3.63, 3.8) is 0 Å². The molecule has 0 heterocycles. The average Bonchev–Trinajstić information content (AvgIpc) is 2.59. The van der Waals surface area contributed by atoms with E-state index in [0.717, 1.165) is 0 Å². The third kappa shape index (κ3) is 4.73. The van der Waals surface area contributed by atoms with Crippen LogP contribution in [0.15, 0.2) is 48.5 Å². The summed E-state index contributed by atoms with van der Waals surface area (Å²) >= 11 is 0. The highest BCUT2D eigenvalue weighted by molar-refractivity contribution is 5.64. The SMILES string of the molecule is CCCCCCc1ccc(-c2ccc(C(C)CC)cc2)cc1. The fourth-order valence-corrected chi connectivity index (χ4v) is 2.86. The van der Waals surface area contributed by atoms with Gasteiger partial charge < -0.3 is 0 Å². The zero-order valence-corrected chi connectivity index (χ0v) is 14.4. The lowest BCUT2D eigenvalue weighted by Gasteiger charge is -2.10. The van der Waals surface area contributed by atoms with Crippen molar-refractivity contribution in [3.05, 3.63) is 59.7 Å². The van der Waals surface area contributed by atoms with E-state index in [4.69, 9.17) is 0 Å². The molecule has 2 aromatic rings. The highest BCUT2D eigenvalue weighted by Gasteiger charge is 2.03. The van der Waals surface area contributed by atoms with E-state index in [1.54, 1.807) is 0 Å². The Morgan fingerprint density at radius 2 is 1.32 bits per heavy atom. The average molecular weight is 294 g/mol. The number of aryl methyl sites for hydroxylation is 1. The van der Waals surface area contributed by atoms with Gasteiger partial charge in [-0.3, -0.25) is 0 Å². The molecule has 118 valence electrons. The minimum atomic E-state index is 0.652. The molecule has 0 radical (unpaired) electrons. The van der Waals surface area contributed by atoms with Gasteiger partial charge >= 0.3 is 0 Å². The molecule has 0 N–H and O–H groups in total. The molecule has 2 rings (SSSR count). The Hall–Kier alpha value is -1.56. The lowest BCUT2D eigenvalue weighted by molar-refractivity contribution is 0.667. The lowest BCUT2D eigenvalue weighted by atomic mass is 9.95. The molecule has 0 aromatic heterocycles. The highest BCUT2D eigenvalue weighted by Crippen LogP contribution is 2.24. The summed E-state index contributed by atoms with van der Waals surface area (Å²) in [6.45, 7) is 6.81. The van der Waals surface area contributed by atoms with E-state index in [-0.39, 0.29) is 0 Å². The van der Waals surface area contributed by atoms with Gasteiger partial charge in [-0.05, 0) is 47.4 Å². The summed E-state index contributed by atoms with van der Waals surface area (Å²) < 4.78 is 0. The normalized spacial score (nSPS) is 12.3. The lowest BCUT2D eigenvalue weighted by Crippen LogP contribution is -1.91. The topological polar surface area (TPSA) is 0 Å². The largest absolute Gasteiger partial charge is 0.0654 e. The van der Waals surface area contributed by atoms with E-state index in [0.29, 0.717) is 5.92 Å². The summed E-state index contributed by atoms with van der Waals surface area (Å²) in [4.78, 5) is 0. The van der Waals surface area contributed by atoms with Crippen LogP contribution in [0, 0.1) is 0 Å². The minimum absolute atomic E-state index is 0.652. The summed E-state index contributed by atoms with van der Waals surface area (Å²) in [5.74, 6) is 0.652. The molecule has 0 bridgehead atoms. The fraction of sp³-hybridized carbons (Fsp3) is 0.455. The van der Waals surface area contributed by atoms with Crippen molar-refractivity contribution >= 4 is 0 Å². The fourth-order valence-electron chi connectivity index (χ4n) is 2.86. The Morgan fingerprint density at radius 3 is 1.86 bits per heavy atom. The van der Waals surface area contributed by atoms with Gasteiger partial charge in [0, 0.05) is 0 Å². The second-order valence-corrected chi connectivity index (χ2v) is 6.44. The Morgan fingerprint density at radius 1 is 0.727 bits per heavy atom. The molecule has 0 aliphatic heterocycles. The summed E-state index contributed by atoms with van der Waals surface area (Å²) in [5, 5.41) is 0. The molecule has 0 spiro atoms. The molecule has 0 fully saturated rings. The van der Waals surface area contributed by atoms with E-state index < -0.39 is 0 Å². The van der Waals surface area contributed by atoms with Crippen molar-refractivity contribution in [1.29, 1.82) is 0 Å². The van der Waals surface area contributed by atoms with Gasteiger partial charge in [-0.2, -0.15) is 0 Å². The van der Waals surface area contributed by atoms with Gasteiger partial charge in [-0.25, -0.2) is 0 Å². The van der Waals surface area contributed by atoms with Crippen molar-refractivity contribution in [2.24, 2.45) is 0 Å². The maximum absolute atomic E-state index is 2.30. The highest BCUT2D eigenvalue weighted by atomic mass is 14.1. The maximum Gasteiger partial charge on any atom is -0.0184 e. The van der Waals surface area contributed by atoms with E-state index in [1.165, 1.54) is 60.8 Å². The van der Waals surface area contributed by atoms with Crippen LogP contribution in [0.2, 0.25) is 0 Å². The molecular weight excluding hydrogens is 264 g/mol. The van der Waals surface area contributed by atoms with Crippen LogP contribution in [0.4, 0.5) is 0 Å². The summed E-state index contributed by atoms with van der Waals surface area (Å²) in [7, 11) is 0. The molecular formula is C22H30. The Bertz CT molecular complexity index is 533. The van der Waals surface area contributed by atoms with E-state index in [9.17, 15) is 0 Å². The van der Waals surface area contributed by atoms with Crippen LogP contribution >= 0.6 is 0 Å². The molecule has 0 saturated carbocycles. The Kier molecular flexibility index (Phi) is 6.71. The molecule has 0 nitrogen and oxygen atoms in total. The van der Waals surface area contributed by atoms with Crippen LogP contribution in [0.3, 0.4) is 0 Å². The van der Waals surface area contributed by atoms with Crippen molar-refractivity contribution in [2.45, 2.75) is 65.2 Å². The van der Waals surface area contributed by atoms with E-state index in [1.807, 2.05) is 0 Å². The third-order valence-corrected chi connectivity index (χ3v) is 4.70. The molecule has 22 heavy (non-hydrogen) atoms. The first-order valence-corrected chi connectivity index (χ1v) is 8.93. The van der Waals surface area contributed by atoms with E-state index in [2.05, 4.69) is 69.3 Å². The van der Waals surface area contributed by atoms with Gasteiger partial charge in [0.25, 0.3) is 0 Å². The number of rotatable bonds is 8. The van der Waals surface area contributed by atoms with Gasteiger partial charge in [0.15, 0.2) is 0 Å². The molecule has 0 amide bonds. The molecule has 1 atom stereocenters. The molecule has 0 heteroatoms. The van der Waals surface area contributed by atoms with Crippen molar-refractivity contribution in [1.82, 2.24) is 0 Å². The minimum Gasteiger partial charge on any atom is -0.0654 e. The third-order valence-electron chi connectivity index (χ3n) is 4.70. The summed E-state index contributed by atoms with van der Waals surface area (Å²) in [6.07, 6.45) is 7.76. The second-order valence-electron chi connectivity index (χ2n) is 6.44. The number of hydrogen-bond acceptors (Lipinski definition) is 0. The van der Waals surface area contributed by atoms with Crippen molar-refractivity contribution in [3.8, 4) is 11.1 Å². The Balaban J connectivity index is 1.97.